The number of benzene rings is 2. The number of amides is 1. The number of nitrogens with one attached hydrogen (secondary N) is 1. The molecule has 1 N–H and O–H groups in total. The van der Waals surface area contributed by atoms with E-state index in [1.807, 2.05) is 0 Å². The van der Waals surface area contributed by atoms with Gasteiger partial charge in [-0.05, 0) is 25.1 Å². The summed E-state index contributed by atoms with van der Waals surface area (Å²) in [6.07, 6.45) is 0. The van der Waals surface area contributed by atoms with Gasteiger partial charge in [-0.1, -0.05) is 18.2 Å². The van der Waals surface area contributed by atoms with Crippen LogP contribution in [0.1, 0.15) is 28.9 Å². The highest BCUT2D eigenvalue weighted by molar-refractivity contribution is 5.94. The zero-order chi connectivity index (χ0) is 14.7. The van der Waals surface area contributed by atoms with Crippen LogP contribution in [0.25, 0.3) is 0 Å². The van der Waals surface area contributed by atoms with Crippen molar-refractivity contribution in [2.24, 2.45) is 0 Å². The standard InChI is InChI=1S/C15H12F3NO/c1-9(11-7-6-10(16)8-14(11)18)19-15(20)12-4-2-3-5-13(12)17/h2-9H,1H3,(H,19,20)/t9-/m0/s1. The molecular weight excluding hydrogens is 267 g/mol. The Bertz CT molecular complexity index is 643. The predicted octanol–water partition coefficient (Wildman–Crippen LogP) is 3.59. The molecule has 2 rings (SSSR count). The Morgan fingerprint density at radius 3 is 2.40 bits per heavy atom. The van der Waals surface area contributed by atoms with Crippen molar-refractivity contribution in [1.29, 1.82) is 0 Å². The molecule has 0 fully saturated rings. The lowest BCUT2D eigenvalue weighted by Crippen LogP contribution is -2.28. The van der Waals surface area contributed by atoms with Gasteiger partial charge in [-0.15, -0.1) is 0 Å². The fourth-order valence-electron chi connectivity index (χ4n) is 1.85. The van der Waals surface area contributed by atoms with Gasteiger partial charge in [-0.2, -0.15) is 0 Å². The monoisotopic (exact) mass is 279 g/mol. The summed E-state index contributed by atoms with van der Waals surface area (Å²) in [6, 6.07) is 7.87. The van der Waals surface area contributed by atoms with Crippen LogP contribution in [0.4, 0.5) is 13.2 Å². The molecule has 0 aliphatic rings. The second-order valence-electron chi connectivity index (χ2n) is 4.34. The summed E-state index contributed by atoms with van der Waals surface area (Å²) in [5.41, 5.74) is 0.0120. The molecule has 0 aromatic heterocycles. The Morgan fingerprint density at radius 2 is 1.75 bits per heavy atom. The maximum atomic E-state index is 13.6. The summed E-state index contributed by atoms with van der Waals surface area (Å²) in [5.74, 6) is -2.76. The summed E-state index contributed by atoms with van der Waals surface area (Å²) in [6.45, 7) is 1.54. The first kappa shape index (κ1) is 14.1. The van der Waals surface area contributed by atoms with Crippen LogP contribution in [0.5, 0.6) is 0 Å². The molecule has 0 bridgehead atoms. The number of hydrogen-bond acceptors (Lipinski definition) is 1. The van der Waals surface area contributed by atoms with Crippen molar-refractivity contribution in [2.75, 3.05) is 0 Å². The third-order valence-corrected chi connectivity index (χ3v) is 2.90. The summed E-state index contributed by atoms with van der Waals surface area (Å²) < 4.78 is 39.8. The van der Waals surface area contributed by atoms with Crippen LogP contribution in [0.2, 0.25) is 0 Å². The Kier molecular flexibility index (Phi) is 4.08. The van der Waals surface area contributed by atoms with Crippen molar-refractivity contribution in [3.05, 3.63) is 71.0 Å². The Balaban J connectivity index is 2.17. The molecule has 0 saturated heterocycles. The molecule has 0 spiro atoms. The predicted molar refractivity (Wildman–Crippen MR) is 68.6 cm³/mol. The van der Waals surface area contributed by atoms with Gasteiger partial charge in [0, 0.05) is 11.6 Å². The molecule has 0 unspecified atom stereocenters. The number of carbonyl (C=O) groups excluding carboxylic acids is 1. The average molecular weight is 279 g/mol. The summed E-state index contributed by atoms with van der Waals surface area (Å²) in [7, 11) is 0. The van der Waals surface area contributed by atoms with Crippen molar-refractivity contribution in [3.63, 3.8) is 0 Å². The van der Waals surface area contributed by atoms with Crippen LogP contribution < -0.4 is 5.32 Å². The van der Waals surface area contributed by atoms with Crippen molar-refractivity contribution in [2.45, 2.75) is 13.0 Å². The number of halogens is 3. The minimum atomic E-state index is -0.758. The molecule has 2 nitrogen and oxygen atoms in total. The van der Waals surface area contributed by atoms with Gasteiger partial charge in [-0.25, -0.2) is 13.2 Å². The van der Waals surface area contributed by atoms with Crippen LogP contribution >= 0.6 is 0 Å². The van der Waals surface area contributed by atoms with Gasteiger partial charge < -0.3 is 5.32 Å². The van der Waals surface area contributed by atoms with Crippen molar-refractivity contribution < 1.29 is 18.0 Å². The van der Waals surface area contributed by atoms with Gasteiger partial charge in [-0.3, -0.25) is 4.79 Å². The van der Waals surface area contributed by atoms with Crippen LogP contribution in [-0.2, 0) is 0 Å². The van der Waals surface area contributed by atoms with Crippen molar-refractivity contribution >= 4 is 5.91 Å². The van der Waals surface area contributed by atoms with Gasteiger partial charge in [0.05, 0.1) is 11.6 Å². The van der Waals surface area contributed by atoms with E-state index in [1.54, 1.807) is 0 Å². The average Bonchev–Trinajstić information content (AvgIpc) is 2.38. The van der Waals surface area contributed by atoms with Gasteiger partial charge in [0.25, 0.3) is 5.91 Å². The zero-order valence-electron chi connectivity index (χ0n) is 10.7. The largest absolute Gasteiger partial charge is 0.345 e. The Morgan fingerprint density at radius 1 is 1.05 bits per heavy atom. The van der Waals surface area contributed by atoms with Gasteiger partial charge in [0.2, 0.25) is 0 Å². The SMILES string of the molecule is C[C@H](NC(=O)c1ccccc1F)c1ccc(F)cc1F. The fraction of sp³-hybridized carbons (Fsp3) is 0.133. The van der Waals surface area contributed by atoms with E-state index in [-0.39, 0.29) is 11.1 Å². The normalized spacial score (nSPS) is 12.0. The van der Waals surface area contributed by atoms with E-state index in [0.717, 1.165) is 18.2 Å². The molecule has 0 saturated carbocycles. The Labute approximate surface area is 114 Å². The van der Waals surface area contributed by atoms with Gasteiger partial charge in [0.15, 0.2) is 0 Å². The van der Waals surface area contributed by atoms with E-state index in [0.29, 0.717) is 0 Å². The van der Waals surface area contributed by atoms with Crippen LogP contribution in [-0.4, -0.2) is 5.91 Å². The molecule has 2 aromatic rings. The molecule has 0 heterocycles. The Hall–Kier alpha value is -2.30. The second-order valence-corrected chi connectivity index (χ2v) is 4.34. The van der Waals surface area contributed by atoms with E-state index in [4.69, 9.17) is 0 Å². The van der Waals surface area contributed by atoms with Gasteiger partial charge in [0.1, 0.15) is 17.5 Å². The summed E-state index contributed by atoms with van der Waals surface area (Å²) >= 11 is 0. The summed E-state index contributed by atoms with van der Waals surface area (Å²) in [4.78, 5) is 11.9. The third kappa shape index (κ3) is 2.99. The number of rotatable bonds is 3. The molecule has 0 radical (unpaired) electrons. The van der Waals surface area contributed by atoms with E-state index < -0.39 is 29.4 Å². The lowest BCUT2D eigenvalue weighted by atomic mass is 10.1. The molecule has 2 aromatic carbocycles. The van der Waals surface area contributed by atoms with E-state index in [2.05, 4.69) is 5.32 Å². The maximum absolute atomic E-state index is 13.6. The second kappa shape index (κ2) is 5.77. The van der Waals surface area contributed by atoms with E-state index in [1.165, 1.54) is 31.2 Å². The first-order chi connectivity index (χ1) is 9.49. The van der Waals surface area contributed by atoms with Crippen LogP contribution in [0.15, 0.2) is 42.5 Å². The number of carbonyl (C=O) groups is 1. The zero-order valence-corrected chi connectivity index (χ0v) is 10.7. The van der Waals surface area contributed by atoms with Gasteiger partial charge >= 0.3 is 0 Å². The molecule has 5 heteroatoms. The topological polar surface area (TPSA) is 29.1 Å². The maximum Gasteiger partial charge on any atom is 0.254 e. The first-order valence-electron chi connectivity index (χ1n) is 5.99. The van der Waals surface area contributed by atoms with E-state index in [9.17, 15) is 18.0 Å². The van der Waals surface area contributed by atoms with Crippen molar-refractivity contribution in [1.82, 2.24) is 5.32 Å². The molecular formula is C15H12F3NO. The fourth-order valence-corrected chi connectivity index (χ4v) is 1.85. The highest BCUT2D eigenvalue weighted by atomic mass is 19.1. The first-order valence-corrected chi connectivity index (χ1v) is 5.99. The van der Waals surface area contributed by atoms with Crippen molar-refractivity contribution in [3.8, 4) is 0 Å². The minimum Gasteiger partial charge on any atom is -0.345 e. The highest BCUT2D eigenvalue weighted by Crippen LogP contribution is 2.18. The molecule has 0 aliphatic carbocycles. The molecule has 1 atom stereocenters. The highest BCUT2D eigenvalue weighted by Gasteiger charge is 2.17. The van der Waals surface area contributed by atoms with E-state index >= 15 is 0 Å². The summed E-state index contributed by atoms with van der Waals surface area (Å²) in [5, 5.41) is 2.47. The molecule has 104 valence electrons. The quantitative estimate of drug-likeness (QED) is 0.914. The molecule has 0 aliphatic heterocycles. The third-order valence-electron chi connectivity index (χ3n) is 2.90. The van der Waals surface area contributed by atoms with Crippen LogP contribution in [0, 0.1) is 17.5 Å². The smallest absolute Gasteiger partial charge is 0.254 e. The molecule has 1 amide bonds. The van der Waals surface area contributed by atoms with Crippen LogP contribution in [0.3, 0.4) is 0 Å². The molecule has 20 heavy (non-hydrogen) atoms. The lowest BCUT2D eigenvalue weighted by molar-refractivity contribution is 0.0935. The number of hydrogen-bond donors (Lipinski definition) is 1. The minimum absolute atomic E-state index is 0.123. The lowest BCUT2D eigenvalue weighted by Gasteiger charge is -2.15.